The maximum atomic E-state index is 13.9. The van der Waals surface area contributed by atoms with E-state index >= 15 is 0 Å². The van der Waals surface area contributed by atoms with Crippen molar-refractivity contribution in [3.05, 3.63) is 65.4 Å². The van der Waals surface area contributed by atoms with Crippen LogP contribution in [-0.2, 0) is 14.4 Å². The number of fused-ring (bicyclic) bond motifs is 1. The molecule has 3 N–H and O–H groups in total. The summed E-state index contributed by atoms with van der Waals surface area (Å²) in [5, 5.41) is 7.95. The highest BCUT2D eigenvalue weighted by molar-refractivity contribution is 5.98. The van der Waals surface area contributed by atoms with Crippen LogP contribution in [0, 0.1) is 29.2 Å². The molecule has 0 aliphatic carbocycles. The average molecular weight is 535 g/mol. The molecule has 1 fully saturated rings. The van der Waals surface area contributed by atoms with Crippen molar-refractivity contribution in [2.45, 2.75) is 18.9 Å². The summed E-state index contributed by atoms with van der Waals surface area (Å²) < 4.78 is 64.8. The van der Waals surface area contributed by atoms with Crippen molar-refractivity contribution in [1.29, 1.82) is 0 Å². The Morgan fingerprint density at radius 3 is 2.45 bits per heavy atom. The van der Waals surface area contributed by atoms with Crippen molar-refractivity contribution in [1.82, 2.24) is 16.0 Å². The third kappa shape index (κ3) is 5.93. The monoisotopic (exact) mass is 535 g/mol. The number of furan rings is 1. The van der Waals surface area contributed by atoms with Crippen LogP contribution in [0.4, 0.5) is 17.6 Å². The molecule has 38 heavy (non-hydrogen) atoms. The molecule has 1 aromatic heterocycles. The van der Waals surface area contributed by atoms with Gasteiger partial charge in [0.05, 0.1) is 12.6 Å². The van der Waals surface area contributed by atoms with Crippen molar-refractivity contribution >= 4 is 34.5 Å². The van der Waals surface area contributed by atoms with Crippen LogP contribution in [0.25, 0.3) is 11.0 Å². The Kier molecular flexibility index (Phi) is 7.93. The zero-order chi connectivity index (χ0) is 27.4. The SMILES string of the molecule is O=C(CNC(=O)c1cc2ccccc2o1)N[C@@H](C[C@@H]1CCNC1=O)C(=O)COc1c(F)c(F)cc(F)c1F. The first kappa shape index (κ1) is 26.6. The third-order valence-corrected chi connectivity index (χ3v) is 5.90. The predicted molar refractivity (Wildman–Crippen MR) is 123 cm³/mol. The van der Waals surface area contributed by atoms with Gasteiger partial charge in [0.15, 0.2) is 28.9 Å². The molecule has 1 saturated heterocycles. The summed E-state index contributed by atoms with van der Waals surface area (Å²) in [6.45, 7) is -1.29. The van der Waals surface area contributed by atoms with Gasteiger partial charge in [-0.15, -0.1) is 0 Å². The van der Waals surface area contributed by atoms with Crippen LogP contribution >= 0.6 is 0 Å². The fraction of sp³-hybridized carbons (Fsp3) is 0.280. The minimum absolute atomic E-state index is 0.0132. The molecule has 1 aliphatic heterocycles. The number of ketones is 1. The molecule has 9 nitrogen and oxygen atoms in total. The van der Waals surface area contributed by atoms with Gasteiger partial charge in [0.2, 0.25) is 23.4 Å². The van der Waals surface area contributed by atoms with E-state index in [0.717, 1.165) is 0 Å². The van der Waals surface area contributed by atoms with E-state index in [0.29, 0.717) is 23.9 Å². The van der Waals surface area contributed by atoms with Crippen LogP contribution in [0.3, 0.4) is 0 Å². The lowest BCUT2D eigenvalue weighted by Crippen LogP contribution is -2.48. The molecule has 1 aliphatic rings. The van der Waals surface area contributed by atoms with E-state index in [9.17, 15) is 36.7 Å². The second-order valence-electron chi connectivity index (χ2n) is 8.52. The summed E-state index contributed by atoms with van der Waals surface area (Å²) in [6.07, 6.45) is 0.181. The van der Waals surface area contributed by atoms with Crippen molar-refractivity contribution in [2.24, 2.45) is 5.92 Å². The zero-order valence-electron chi connectivity index (χ0n) is 19.6. The quantitative estimate of drug-likeness (QED) is 0.270. The highest BCUT2D eigenvalue weighted by Gasteiger charge is 2.32. The molecule has 3 amide bonds. The number of carbonyl (C=O) groups is 4. The number of nitrogens with one attached hydrogen (secondary N) is 3. The lowest BCUT2D eigenvalue weighted by atomic mass is 9.96. The van der Waals surface area contributed by atoms with Crippen molar-refractivity contribution in [2.75, 3.05) is 19.7 Å². The van der Waals surface area contributed by atoms with Gasteiger partial charge in [-0.25, -0.2) is 8.78 Å². The number of amides is 3. The summed E-state index contributed by atoms with van der Waals surface area (Å²) in [6, 6.07) is 6.97. The second-order valence-corrected chi connectivity index (χ2v) is 8.52. The molecule has 2 heterocycles. The number of Topliss-reactive ketones (excluding diaryl/α,β-unsaturated/α-hetero) is 1. The number of halogens is 4. The van der Waals surface area contributed by atoms with Gasteiger partial charge in [-0.1, -0.05) is 18.2 Å². The number of para-hydroxylation sites is 1. The number of benzene rings is 2. The van der Waals surface area contributed by atoms with Crippen LogP contribution in [0.5, 0.6) is 5.75 Å². The van der Waals surface area contributed by atoms with Crippen LogP contribution in [0.1, 0.15) is 23.4 Å². The maximum absolute atomic E-state index is 13.9. The van der Waals surface area contributed by atoms with Crippen molar-refractivity contribution < 1.29 is 45.9 Å². The largest absolute Gasteiger partial charge is 0.479 e. The minimum atomic E-state index is -1.83. The number of hydrogen-bond acceptors (Lipinski definition) is 6. The van der Waals surface area contributed by atoms with Gasteiger partial charge < -0.3 is 25.1 Å². The Hall–Kier alpha value is -4.42. The molecule has 0 saturated carbocycles. The van der Waals surface area contributed by atoms with E-state index < -0.39 is 71.7 Å². The minimum Gasteiger partial charge on any atom is -0.479 e. The van der Waals surface area contributed by atoms with Gasteiger partial charge in [-0.3, -0.25) is 19.2 Å². The molecular formula is C25H21F4N3O6. The van der Waals surface area contributed by atoms with Gasteiger partial charge in [0.25, 0.3) is 5.91 Å². The van der Waals surface area contributed by atoms with E-state index in [1.54, 1.807) is 24.3 Å². The summed E-state index contributed by atoms with van der Waals surface area (Å²) in [7, 11) is 0. The Morgan fingerprint density at radius 1 is 1.08 bits per heavy atom. The molecule has 0 spiro atoms. The summed E-state index contributed by atoms with van der Waals surface area (Å²) in [5.74, 6) is -12.1. The Morgan fingerprint density at radius 2 is 1.79 bits per heavy atom. The van der Waals surface area contributed by atoms with Crippen LogP contribution in [-0.4, -0.2) is 49.2 Å². The van der Waals surface area contributed by atoms with Gasteiger partial charge in [0, 0.05) is 23.9 Å². The highest BCUT2D eigenvalue weighted by Crippen LogP contribution is 2.27. The molecule has 4 rings (SSSR count). The summed E-state index contributed by atoms with van der Waals surface area (Å²) >= 11 is 0. The lowest BCUT2D eigenvalue weighted by Gasteiger charge is -2.20. The standard InChI is InChI=1S/C25H21F4N3O6/c26-14-9-15(27)22(29)23(21(14)28)37-11-17(33)16(7-13-5-6-30-24(13)35)32-20(34)10-31-25(36)19-8-12-3-1-2-4-18(12)38-19/h1-4,8-9,13,16H,5-7,10-11H2,(H,30,35)(H,31,36)(H,32,34)/t13-,16-/m0/s1. The summed E-state index contributed by atoms with van der Waals surface area (Å²) in [5.41, 5.74) is 0.466. The third-order valence-electron chi connectivity index (χ3n) is 5.90. The topological polar surface area (TPSA) is 127 Å². The van der Waals surface area contributed by atoms with Crippen LogP contribution < -0.4 is 20.7 Å². The molecule has 3 aromatic rings. The smallest absolute Gasteiger partial charge is 0.287 e. The molecule has 0 unspecified atom stereocenters. The van der Waals surface area contributed by atoms with Crippen molar-refractivity contribution in [3.8, 4) is 5.75 Å². The van der Waals surface area contributed by atoms with E-state index in [1.807, 2.05) is 0 Å². The van der Waals surface area contributed by atoms with E-state index in [-0.39, 0.29) is 24.2 Å². The number of carbonyl (C=O) groups excluding carboxylic acids is 4. The van der Waals surface area contributed by atoms with Crippen LogP contribution in [0.15, 0.2) is 40.8 Å². The average Bonchev–Trinajstić information content (AvgIpc) is 3.51. The van der Waals surface area contributed by atoms with E-state index in [1.165, 1.54) is 6.07 Å². The van der Waals surface area contributed by atoms with Crippen LogP contribution in [0.2, 0.25) is 0 Å². The van der Waals surface area contributed by atoms with Gasteiger partial charge in [0.1, 0.15) is 12.2 Å². The fourth-order valence-electron chi connectivity index (χ4n) is 3.93. The Bertz CT molecular complexity index is 1350. The molecule has 13 heteroatoms. The molecule has 2 aromatic carbocycles. The second kappa shape index (κ2) is 11.3. The fourth-order valence-corrected chi connectivity index (χ4v) is 3.93. The predicted octanol–water partition coefficient (Wildman–Crippen LogP) is 2.38. The molecular weight excluding hydrogens is 514 g/mol. The van der Waals surface area contributed by atoms with E-state index in [4.69, 9.17) is 9.15 Å². The first-order chi connectivity index (χ1) is 18.1. The molecule has 200 valence electrons. The Labute approximate surface area is 212 Å². The molecule has 0 bridgehead atoms. The first-order valence-electron chi connectivity index (χ1n) is 11.5. The molecule has 2 atom stereocenters. The number of hydrogen-bond donors (Lipinski definition) is 3. The maximum Gasteiger partial charge on any atom is 0.287 e. The van der Waals surface area contributed by atoms with Crippen molar-refractivity contribution in [3.63, 3.8) is 0 Å². The molecule has 0 radical (unpaired) electrons. The van der Waals surface area contributed by atoms with Gasteiger partial charge >= 0.3 is 0 Å². The number of ether oxygens (including phenoxy) is 1. The van der Waals surface area contributed by atoms with Gasteiger partial charge in [-0.05, 0) is 25.0 Å². The van der Waals surface area contributed by atoms with E-state index in [2.05, 4.69) is 16.0 Å². The highest BCUT2D eigenvalue weighted by atomic mass is 19.2. The summed E-state index contributed by atoms with van der Waals surface area (Å²) in [4.78, 5) is 49.7. The number of rotatable bonds is 10. The zero-order valence-corrected chi connectivity index (χ0v) is 19.6. The lowest BCUT2D eigenvalue weighted by molar-refractivity contribution is -0.130. The van der Waals surface area contributed by atoms with Gasteiger partial charge in [-0.2, -0.15) is 8.78 Å². The Balaban J connectivity index is 1.40. The first-order valence-corrected chi connectivity index (χ1v) is 11.5. The normalized spacial score (nSPS) is 15.7.